The number of ketones is 2. The van der Waals surface area contributed by atoms with E-state index in [1.54, 1.807) is 12.1 Å². The summed E-state index contributed by atoms with van der Waals surface area (Å²) < 4.78 is 4.98. The maximum atomic E-state index is 12.0. The maximum absolute atomic E-state index is 12.0. The van der Waals surface area contributed by atoms with Gasteiger partial charge in [0.05, 0.1) is 17.9 Å². The number of fused-ring (bicyclic) bond motifs is 1. The molecular weight excluding hydrogens is 278 g/mol. The number of phenolic OH excluding ortho intramolecular Hbond substituents is 1. The Balaban J connectivity index is 1.83. The lowest BCUT2D eigenvalue weighted by Gasteiger charge is -2.14. The Hall–Kier alpha value is -2.51. The monoisotopic (exact) mass is 289 g/mol. The molecule has 21 heavy (non-hydrogen) atoms. The Morgan fingerprint density at radius 3 is 2.71 bits per heavy atom. The van der Waals surface area contributed by atoms with E-state index in [0.717, 1.165) is 6.08 Å². The first-order valence-corrected chi connectivity index (χ1v) is 6.18. The van der Waals surface area contributed by atoms with Crippen LogP contribution in [0.2, 0.25) is 0 Å². The first-order chi connectivity index (χ1) is 9.99. The summed E-state index contributed by atoms with van der Waals surface area (Å²) in [7, 11) is 0. The first-order valence-electron chi connectivity index (χ1n) is 6.18. The molecular formula is C14H11NO6. The highest BCUT2D eigenvalue weighted by Crippen LogP contribution is 2.42. The highest BCUT2D eigenvalue weighted by molar-refractivity contribution is 6.19. The number of carbonyl (C=O) groups is 3. The fourth-order valence-corrected chi connectivity index (χ4v) is 2.25. The second-order valence-electron chi connectivity index (χ2n) is 4.80. The van der Waals surface area contributed by atoms with Crippen molar-refractivity contribution in [2.75, 3.05) is 6.61 Å². The number of amides is 1. The second-order valence-corrected chi connectivity index (χ2v) is 4.80. The summed E-state index contributed by atoms with van der Waals surface area (Å²) >= 11 is 0. The number of rotatable bonds is 3. The Morgan fingerprint density at radius 2 is 2.05 bits per heavy atom. The number of para-hydroxylation sites is 1. The van der Waals surface area contributed by atoms with Crippen molar-refractivity contribution in [3.63, 3.8) is 0 Å². The zero-order chi connectivity index (χ0) is 15.2. The zero-order valence-electron chi connectivity index (χ0n) is 10.7. The number of ether oxygens (including phenoxy) is 1. The van der Waals surface area contributed by atoms with E-state index in [1.807, 2.05) is 0 Å². The number of hydrogen-bond acceptors (Lipinski definition) is 6. The van der Waals surface area contributed by atoms with Gasteiger partial charge in [0.25, 0.3) is 5.91 Å². The van der Waals surface area contributed by atoms with Crippen molar-refractivity contribution in [1.29, 1.82) is 0 Å². The summed E-state index contributed by atoms with van der Waals surface area (Å²) in [5.41, 5.74) is -1.70. The summed E-state index contributed by atoms with van der Waals surface area (Å²) in [6.07, 6.45) is -0.111. The predicted octanol–water partition coefficient (Wildman–Crippen LogP) is -0.712. The van der Waals surface area contributed by atoms with Crippen LogP contribution in [-0.4, -0.2) is 46.0 Å². The molecule has 0 aromatic heterocycles. The number of Topliss-reactive ketones (excluding diaryl/α,β-unsaturated/α-hetero) is 1. The number of aliphatic hydroxyl groups is 1. The summed E-state index contributed by atoms with van der Waals surface area (Å²) in [6.45, 7) is -0.584. The molecule has 1 fully saturated rings. The van der Waals surface area contributed by atoms with Crippen molar-refractivity contribution >= 4 is 17.5 Å². The zero-order valence-corrected chi connectivity index (χ0v) is 10.7. The van der Waals surface area contributed by atoms with E-state index in [1.165, 1.54) is 12.1 Å². The van der Waals surface area contributed by atoms with Crippen molar-refractivity contribution in [3.05, 3.63) is 41.6 Å². The minimum Gasteiger partial charge on any atom is -0.507 e. The molecule has 7 heteroatoms. The smallest absolute Gasteiger partial charge is 0.259 e. The third-order valence-electron chi connectivity index (χ3n) is 3.52. The van der Waals surface area contributed by atoms with Crippen LogP contribution in [0.1, 0.15) is 10.4 Å². The van der Waals surface area contributed by atoms with E-state index in [2.05, 4.69) is 5.32 Å². The summed E-state index contributed by atoms with van der Waals surface area (Å²) in [4.78, 5) is 35.8. The average molecular weight is 289 g/mol. The Kier molecular flexibility index (Phi) is 2.89. The highest BCUT2D eigenvalue weighted by Gasteiger charge is 2.67. The largest absolute Gasteiger partial charge is 0.507 e. The Morgan fingerprint density at radius 1 is 1.33 bits per heavy atom. The number of benzene rings is 1. The van der Waals surface area contributed by atoms with Crippen molar-refractivity contribution in [1.82, 2.24) is 5.32 Å². The van der Waals surface area contributed by atoms with E-state index in [4.69, 9.17) is 9.84 Å². The number of aliphatic hydroxyl groups excluding tert-OH is 1. The lowest BCUT2D eigenvalue weighted by Crippen LogP contribution is -2.41. The molecule has 0 spiro atoms. The summed E-state index contributed by atoms with van der Waals surface area (Å²) in [5, 5.41) is 21.0. The van der Waals surface area contributed by atoms with E-state index in [0.29, 0.717) is 0 Å². The molecule has 3 rings (SSSR count). The normalized spacial score (nSPS) is 26.9. The number of nitrogens with one attached hydrogen (secondary N) is 1. The van der Waals surface area contributed by atoms with Gasteiger partial charge in [-0.25, -0.2) is 0 Å². The molecule has 1 amide bonds. The molecule has 1 aromatic rings. The standard InChI is InChI=1S/C14H11NO6/c16-6-14-10(18)5-8(11(19)12(14)21-14)15-13(20)7-3-1-2-4-9(7)17/h1-5,12,16-17H,6H2,(H,15,20)/t12-,14+/m1/s1. The topological polar surface area (TPSA) is 116 Å². The molecule has 2 aliphatic rings. The van der Waals surface area contributed by atoms with Crippen LogP contribution in [0.4, 0.5) is 0 Å². The fourth-order valence-electron chi connectivity index (χ4n) is 2.25. The van der Waals surface area contributed by atoms with Crippen LogP contribution in [0.15, 0.2) is 36.0 Å². The van der Waals surface area contributed by atoms with E-state index >= 15 is 0 Å². The lowest BCUT2D eigenvalue weighted by molar-refractivity contribution is -0.123. The van der Waals surface area contributed by atoms with Gasteiger partial charge in [-0.3, -0.25) is 14.4 Å². The first kappa shape index (κ1) is 13.5. The van der Waals surface area contributed by atoms with Crippen molar-refractivity contribution in [2.45, 2.75) is 11.7 Å². The van der Waals surface area contributed by atoms with Crippen LogP contribution >= 0.6 is 0 Å². The van der Waals surface area contributed by atoms with Crippen molar-refractivity contribution in [2.24, 2.45) is 0 Å². The molecule has 0 radical (unpaired) electrons. The van der Waals surface area contributed by atoms with Gasteiger partial charge in [-0.05, 0) is 12.1 Å². The minimum atomic E-state index is -1.47. The maximum Gasteiger partial charge on any atom is 0.259 e. The third-order valence-corrected chi connectivity index (χ3v) is 3.52. The van der Waals surface area contributed by atoms with Gasteiger partial charge in [-0.2, -0.15) is 0 Å². The molecule has 3 N–H and O–H groups in total. The van der Waals surface area contributed by atoms with Gasteiger partial charge in [0, 0.05) is 6.08 Å². The van der Waals surface area contributed by atoms with Gasteiger partial charge in [-0.1, -0.05) is 12.1 Å². The molecule has 1 saturated heterocycles. The van der Waals surface area contributed by atoms with Gasteiger partial charge < -0.3 is 20.3 Å². The van der Waals surface area contributed by atoms with Crippen LogP contribution < -0.4 is 5.32 Å². The molecule has 108 valence electrons. The summed E-state index contributed by atoms with van der Waals surface area (Å²) in [6, 6.07) is 5.82. The van der Waals surface area contributed by atoms with E-state index in [-0.39, 0.29) is 17.0 Å². The number of carbonyl (C=O) groups excluding carboxylic acids is 3. The fraction of sp³-hybridized carbons (Fsp3) is 0.214. The minimum absolute atomic E-state index is 0.0191. The molecule has 1 aliphatic carbocycles. The van der Waals surface area contributed by atoms with Gasteiger partial charge in [0.15, 0.2) is 17.5 Å². The van der Waals surface area contributed by atoms with E-state index < -0.39 is 35.8 Å². The van der Waals surface area contributed by atoms with Gasteiger partial charge in [0.2, 0.25) is 5.78 Å². The van der Waals surface area contributed by atoms with Crippen molar-refractivity contribution in [3.8, 4) is 5.75 Å². The number of hydrogen-bond donors (Lipinski definition) is 3. The highest BCUT2D eigenvalue weighted by atomic mass is 16.6. The molecule has 0 bridgehead atoms. The molecule has 7 nitrogen and oxygen atoms in total. The second kappa shape index (κ2) is 4.51. The number of epoxide rings is 1. The predicted molar refractivity (Wildman–Crippen MR) is 68.4 cm³/mol. The molecule has 0 unspecified atom stereocenters. The summed E-state index contributed by atoms with van der Waals surface area (Å²) in [5.74, 6) is -2.09. The number of phenols is 1. The molecule has 0 saturated carbocycles. The molecule has 2 atom stereocenters. The van der Waals surface area contributed by atoms with Gasteiger partial charge >= 0.3 is 0 Å². The van der Waals surface area contributed by atoms with Gasteiger partial charge in [0.1, 0.15) is 5.75 Å². The number of aromatic hydroxyl groups is 1. The van der Waals surface area contributed by atoms with Crippen LogP contribution in [0.25, 0.3) is 0 Å². The lowest BCUT2D eigenvalue weighted by atomic mass is 9.90. The van der Waals surface area contributed by atoms with Gasteiger partial charge in [-0.15, -0.1) is 0 Å². The Labute approximate surface area is 118 Å². The van der Waals surface area contributed by atoms with E-state index in [9.17, 15) is 19.5 Å². The molecule has 1 heterocycles. The van der Waals surface area contributed by atoms with Crippen LogP contribution in [0.3, 0.4) is 0 Å². The van der Waals surface area contributed by atoms with Crippen LogP contribution in [0.5, 0.6) is 5.75 Å². The molecule has 1 aromatic carbocycles. The third kappa shape index (κ3) is 1.94. The van der Waals surface area contributed by atoms with Crippen LogP contribution in [0, 0.1) is 0 Å². The SMILES string of the molecule is O=C(NC1=CC(=O)[C@]2(CO)O[C@@H]2C1=O)c1ccccc1O. The average Bonchev–Trinajstić information content (AvgIpc) is 3.22. The quantitative estimate of drug-likeness (QED) is 0.633. The van der Waals surface area contributed by atoms with Crippen LogP contribution in [-0.2, 0) is 14.3 Å². The van der Waals surface area contributed by atoms with Crippen molar-refractivity contribution < 1.29 is 29.3 Å². The molecule has 1 aliphatic heterocycles. The Bertz CT molecular complexity index is 694.